The smallest absolute Gasteiger partial charge is 0.124 e. The van der Waals surface area contributed by atoms with Crippen LogP contribution in [0.25, 0.3) is 10.9 Å². The van der Waals surface area contributed by atoms with Crippen molar-refractivity contribution in [3.05, 3.63) is 30.2 Å². The molecule has 0 saturated carbocycles. The monoisotopic (exact) mass is 205 g/mol. The van der Waals surface area contributed by atoms with Gasteiger partial charge in [0.25, 0.3) is 0 Å². The van der Waals surface area contributed by atoms with E-state index in [9.17, 15) is 4.39 Å². The molecule has 0 bridgehead atoms. The third kappa shape index (κ3) is 1.70. The molecule has 1 aromatic carbocycles. The van der Waals surface area contributed by atoms with E-state index >= 15 is 0 Å². The maximum atomic E-state index is 13.1. The van der Waals surface area contributed by atoms with Crippen LogP contribution < -0.4 is 11.1 Å². The van der Waals surface area contributed by atoms with Gasteiger partial charge >= 0.3 is 0 Å². The van der Waals surface area contributed by atoms with Crippen molar-refractivity contribution in [1.29, 1.82) is 0 Å². The fraction of sp³-hybridized carbons (Fsp3) is 0.182. The first-order valence-corrected chi connectivity index (χ1v) is 4.80. The first-order chi connectivity index (χ1) is 7.22. The van der Waals surface area contributed by atoms with Crippen LogP contribution in [0.4, 0.5) is 15.8 Å². The Hall–Kier alpha value is -1.84. The molecule has 0 amide bonds. The number of nitrogens with zero attached hydrogens (tertiary/aromatic N) is 1. The molecule has 0 aliphatic carbocycles. The third-order valence-corrected chi connectivity index (χ3v) is 2.21. The summed E-state index contributed by atoms with van der Waals surface area (Å²) in [6.07, 6.45) is 1.58. The molecule has 4 heteroatoms. The van der Waals surface area contributed by atoms with Gasteiger partial charge in [0.05, 0.1) is 23.1 Å². The molecule has 0 fully saturated rings. The van der Waals surface area contributed by atoms with E-state index in [2.05, 4.69) is 10.3 Å². The number of anilines is 2. The number of aromatic nitrogens is 1. The lowest BCUT2D eigenvalue weighted by atomic mass is 10.1. The average Bonchev–Trinajstić information content (AvgIpc) is 2.23. The molecule has 0 unspecified atom stereocenters. The molecular weight excluding hydrogens is 193 g/mol. The summed E-state index contributed by atoms with van der Waals surface area (Å²) in [4.78, 5) is 4.13. The number of hydrogen-bond acceptors (Lipinski definition) is 3. The molecule has 2 aromatic rings. The topological polar surface area (TPSA) is 50.9 Å². The molecule has 0 aliphatic heterocycles. The second-order valence-corrected chi connectivity index (χ2v) is 3.28. The number of pyridine rings is 1. The summed E-state index contributed by atoms with van der Waals surface area (Å²) in [5.41, 5.74) is 7.80. The number of rotatable bonds is 2. The molecule has 3 N–H and O–H groups in total. The highest BCUT2D eigenvalue weighted by molar-refractivity contribution is 5.96. The highest BCUT2D eigenvalue weighted by Gasteiger charge is 2.06. The molecule has 0 saturated heterocycles. The van der Waals surface area contributed by atoms with Crippen LogP contribution in [0.2, 0.25) is 0 Å². The number of halogens is 1. The number of benzene rings is 1. The largest absolute Gasteiger partial charge is 0.396 e. The van der Waals surface area contributed by atoms with Gasteiger partial charge in [-0.05, 0) is 25.1 Å². The van der Waals surface area contributed by atoms with Crippen LogP contribution >= 0.6 is 0 Å². The number of fused-ring (bicyclic) bond motifs is 1. The Kier molecular flexibility index (Phi) is 2.41. The number of hydrogen-bond donors (Lipinski definition) is 2. The van der Waals surface area contributed by atoms with Gasteiger partial charge in [-0.3, -0.25) is 4.98 Å². The minimum atomic E-state index is -0.283. The highest BCUT2D eigenvalue weighted by Crippen LogP contribution is 2.27. The van der Waals surface area contributed by atoms with Crippen molar-refractivity contribution in [1.82, 2.24) is 4.98 Å². The van der Waals surface area contributed by atoms with E-state index in [0.717, 1.165) is 23.1 Å². The fourth-order valence-corrected chi connectivity index (χ4v) is 1.55. The first kappa shape index (κ1) is 9.71. The first-order valence-electron chi connectivity index (χ1n) is 4.80. The van der Waals surface area contributed by atoms with Gasteiger partial charge in [0.1, 0.15) is 5.82 Å². The lowest BCUT2D eigenvalue weighted by Crippen LogP contribution is -2.02. The van der Waals surface area contributed by atoms with Gasteiger partial charge in [-0.25, -0.2) is 4.39 Å². The summed E-state index contributed by atoms with van der Waals surface area (Å²) in [5.74, 6) is -0.283. The Balaban J connectivity index is 2.72. The van der Waals surface area contributed by atoms with Gasteiger partial charge in [-0.1, -0.05) is 0 Å². The minimum Gasteiger partial charge on any atom is -0.396 e. The van der Waals surface area contributed by atoms with Crippen molar-refractivity contribution in [3.8, 4) is 0 Å². The molecule has 1 aromatic heterocycles. The lowest BCUT2D eigenvalue weighted by Gasteiger charge is -2.10. The van der Waals surface area contributed by atoms with Crippen LogP contribution in [0.5, 0.6) is 0 Å². The van der Waals surface area contributed by atoms with E-state index in [1.54, 1.807) is 12.3 Å². The second kappa shape index (κ2) is 3.73. The Labute approximate surface area is 87.1 Å². The van der Waals surface area contributed by atoms with Gasteiger partial charge in [-0.15, -0.1) is 0 Å². The Morgan fingerprint density at radius 1 is 1.47 bits per heavy atom. The van der Waals surface area contributed by atoms with E-state index in [1.807, 2.05) is 6.92 Å². The number of nitrogens with two attached hydrogens (primary N) is 1. The zero-order valence-corrected chi connectivity index (χ0v) is 8.42. The van der Waals surface area contributed by atoms with Crippen LogP contribution in [0.1, 0.15) is 6.92 Å². The van der Waals surface area contributed by atoms with Crippen LogP contribution in [0, 0.1) is 5.82 Å². The molecule has 15 heavy (non-hydrogen) atoms. The Morgan fingerprint density at radius 3 is 3.00 bits per heavy atom. The van der Waals surface area contributed by atoms with E-state index in [0.29, 0.717) is 5.69 Å². The van der Waals surface area contributed by atoms with E-state index in [-0.39, 0.29) is 5.82 Å². The normalized spacial score (nSPS) is 10.5. The predicted molar refractivity (Wildman–Crippen MR) is 60.3 cm³/mol. The number of nitrogen functional groups attached to an aromatic ring is 1. The molecule has 3 nitrogen and oxygen atoms in total. The second-order valence-electron chi connectivity index (χ2n) is 3.28. The molecule has 2 rings (SSSR count). The standard InChI is InChI=1S/C11H12FN3/c1-2-14-11-8-5-7(12)3-4-10(8)15-6-9(11)13/h3-6H,2,13H2,1H3,(H,14,15). The fourth-order valence-electron chi connectivity index (χ4n) is 1.55. The maximum Gasteiger partial charge on any atom is 0.124 e. The highest BCUT2D eigenvalue weighted by atomic mass is 19.1. The van der Waals surface area contributed by atoms with Crippen molar-refractivity contribution < 1.29 is 4.39 Å². The van der Waals surface area contributed by atoms with Crippen molar-refractivity contribution >= 4 is 22.3 Å². The van der Waals surface area contributed by atoms with E-state index < -0.39 is 0 Å². The quantitative estimate of drug-likeness (QED) is 0.791. The lowest BCUT2D eigenvalue weighted by molar-refractivity contribution is 0.629. The van der Waals surface area contributed by atoms with Gasteiger partial charge < -0.3 is 11.1 Å². The van der Waals surface area contributed by atoms with Crippen molar-refractivity contribution in [2.75, 3.05) is 17.6 Å². The van der Waals surface area contributed by atoms with Crippen LogP contribution in [-0.4, -0.2) is 11.5 Å². The van der Waals surface area contributed by atoms with Gasteiger partial charge in [-0.2, -0.15) is 0 Å². The van der Waals surface area contributed by atoms with Crippen molar-refractivity contribution in [2.24, 2.45) is 0 Å². The molecule has 0 aliphatic rings. The predicted octanol–water partition coefficient (Wildman–Crippen LogP) is 2.39. The van der Waals surface area contributed by atoms with Crippen LogP contribution in [-0.2, 0) is 0 Å². The zero-order valence-electron chi connectivity index (χ0n) is 8.42. The van der Waals surface area contributed by atoms with Crippen molar-refractivity contribution in [2.45, 2.75) is 6.92 Å². The molecule has 0 atom stereocenters. The average molecular weight is 205 g/mol. The van der Waals surface area contributed by atoms with Crippen LogP contribution in [0.15, 0.2) is 24.4 Å². The molecule has 0 spiro atoms. The maximum absolute atomic E-state index is 13.1. The molecule has 1 heterocycles. The summed E-state index contributed by atoms with van der Waals surface area (Å²) in [6.45, 7) is 2.70. The SMILES string of the molecule is CCNc1c(N)cnc2ccc(F)cc12. The van der Waals surface area contributed by atoms with E-state index in [4.69, 9.17) is 5.73 Å². The van der Waals surface area contributed by atoms with E-state index in [1.165, 1.54) is 12.1 Å². The Morgan fingerprint density at radius 2 is 2.27 bits per heavy atom. The van der Waals surface area contributed by atoms with Crippen LogP contribution in [0.3, 0.4) is 0 Å². The molecular formula is C11H12FN3. The summed E-state index contributed by atoms with van der Waals surface area (Å²) in [7, 11) is 0. The van der Waals surface area contributed by atoms with Crippen molar-refractivity contribution in [3.63, 3.8) is 0 Å². The molecule has 78 valence electrons. The summed E-state index contributed by atoms with van der Waals surface area (Å²) < 4.78 is 13.1. The van der Waals surface area contributed by atoms with Gasteiger partial charge in [0.15, 0.2) is 0 Å². The third-order valence-electron chi connectivity index (χ3n) is 2.21. The number of nitrogens with one attached hydrogen (secondary N) is 1. The zero-order chi connectivity index (χ0) is 10.8. The minimum absolute atomic E-state index is 0.283. The van der Waals surface area contributed by atoms with Gasteiger partial charge in [0.2, 0.25) is 0 Å². The Bertz CT molecular complexity index is 491. The summed E-state index contributed by atoms with van der Waals surface area (Å²) in [5, 5.41) is 3.83. The summed E-state index contributed by atoms with van der Waals surface area (Å²) in [6, 6.07) is 4.48. The molecule has 0 radical (unpaired) electrons. The summed E-state index contributed by atoms with van der Waals surface area (Å²) >= 11 is 0. The van der Waals surface area contributed by atoms with Gasteiger partial charge in [0, 0.05) is 11.9 Å².